The predicted octanol–water partition coefficient (Wildman–Crippen LogP) is 5.98. The van der Waals surface area contributed by atoms with Crippen LogP contribution in [0.3, 0.4) is 0 Å². The van der Waals surface area contributed by atoms with E-state index in [1.807, 2.05) is 0 Å². The van der Waals surface area contributed by atoms with E-state index in [1.165, 1.54) is 36.4 Å². The van der Waals surface area contributed by atoms with Gasteiger partial charge in [-0.25, -0.2) is 8.42 Å². The van der Waals surface area contributed by atoms with Crippen LogP contribution in [0, 0.1) is 0 Å². The lowest BCUT2D eigenvalue weighted by Gasteiger charge is -2.16. The number of alkyl halides is 3. The van der Waals surface area contributed by atoms with Crippen LogP contribution in [0.4, 0.5) is 18.9 Å². The molecule has 1 amide bonds. The zero-order chi connectivity index (χ0) is 28.3. The number of anilines is 1. The van der Waals surface area contributed by atoms with Crippen LogP contribution in [0.5, 0.6) is 11.5 Å². The number of carbonyl (C=O) groups excluding carboxylic acids is 1. The Balaban J connectivity index is 2.05. The molecule has 0 aliphatic heterocycles. The van der Waals surface area contributed by atoms with Crippen LogP contribution in [-0.4, -0.2) is 31.9 Å². The Hall–Kier alpha value is -3.48. The highest BCUT2D eigenvalue weighted by atomic mass is 35.5. The summed E-state index contributed by atoms with van der Waals surface area (Å²) in [6.45, 7) is 1.97. The fraction of sp³-hybridized carbons (Fsp3) is 0.167. The average molecular weight is 591 g/mol. The number of benzene rings is 3. The molecule has 202 valence electrons. The Bertz CT molecular complexity index is 1500. The molecule has 3 rings (SSSR count). The normalized spacial score (nSPS) is 11.6. The minimum Gasteiger partial charge on any atom is -0.481 e. The molecule has 0 aliphatic carbocycles. The van der Waals surface area contributed by atoms with E-state index in [4.69, 9.17) is 33.0 Å². The molecule has 0 atom stereocenters. The second-order valence-electron chi connectivity index (χ2n) is 7.79. The van der Waals surface area contributed by atoms with Crippen molar-refractivity contribution < 1.29 is 41.0 Å². The summed E-state index contributed by atoms with van der Waals surface area (Å²) in [5, 5.41) is 11.1. The lowest BCUT2D eigenvalue weighted by atomic mass is 10.1. The molecule has 38 heavy (non-hydrogen) atoms. The number of hydrogen-bond acceptors (Lipinski definition) is 5. The summed E-state index contributed by atoms with van der Waals surface area (Å²) in [5.74, 6) is -1.70. The monoisotopic (exact) mass is 590 g/mol. The number of nitrogens with one attached hydrogen (secondary N) is 2. The van der Waals surface area contributed by atoms with Crippen LogP contribution >= 0.6 is 23.2 Å². The molecule has 0 aliphatic rings. The summed E-state index contributed by atoms with van der Waals surface area (Å²) >= 11 is 11.9. The lowest BCUT2D eigenvalue weighted by molar-refractivity contribution is -0.138. The Morgan fingerprint density at radius 2 is 1.74 bits per heavy atom. The summed E-state index contributed by atoms with van der Waals surface area (Å²) < 4.78 is 73.1. The molecule has 3 aromatic carbocycles. The predicted molar refractivity (Wildman–Crippen MR) is 135 cm³/mol. The van der Waals surface area contributed by atoms with Gasteiger partial charge >= 0.3 is 12.1 Å². The van der Waals surface area contributed by atoms with Crippen molar-refractivity contribution in [2.24, 2.45) is 0 Å². The molecule has 0 unspecified atom stereocenters. The maximum absolute atomic E-state index is 13.1. The molecule has 3 aromatic rings. The fourth-order valence-corrected chi connectivity index (χ4v) is 5.14. The largest absolute Gasteiger partial charge is 0.481 e. The molecular formula is C24H19Cl2F3N2O6S. The van der Waals surface area contributed by atoms with Crippen molar-refractivity contribution in [2.75, 3.05) is 11.3 Å². The summed E-state index contributed by atoms with van der Waals surface area (Å²) in [7, 11) is -4.57. The van der Waals surface area contributed by atoms with Gasteiger partial charge in [-0.05, 0) is 67.1 Å². The zero-order valence-corrected chi connectivity index (χ0v) is 21.7. The van der Waals surface area contributed by atoms with Gasteiger partial charge in [0.1, 0.15) is 10.6 Å². The van der Waals surface area contributed by atoms with Crippen molar-refractivity contribution in [3.8, 4) is 11.5 Å². The number of amides is 1. The van der Waals surface area contributed by atoms with Crippen molar-refractivity contribution >= 4 is 50.8 Å². The molecule has 8 nitrogen and oxygen atoms in total. The smallest absolute Gasteiger partial charge is 0.416 e. The van der Waals surface area contributed by atoms with Crippen LogP contribution in [0.15, 0.2) is 59.5 Å². The van der Waals surface area contributed by atoms with Crippen LogP contribution in [0.2, 0.25) is 10.0 Å². The highest BCUT2D eigenvalue weighted by Gasteiger charge is 2.32. The molecule has 0 saturated carbocycles. The Labute approximate surface area is 225 Å². The number of carboxylic acid groups (broad SMARTS) is 1. The highest BCUT2D eigenvalue weighted by Crippen LogP contribution is 2.37. The molecule has 14 heteroatoms. The van der Waals surface area contributed by atoms with Crippen molar-refractivity contribution in [3.05, 3.63) is 81.3 Å². The van der Waals surface area contributed by atoms with Gasteiger partial charge in [-0.15, -0.1) is 0 Å². The van der Waals surface area contributed by atoms with Gasteiger partial charge in [0.05, 0.1) is 22.7 Å². The maximum Gasteiger partial charge on any atom is 0.416 e. The first-order chi connectivity index (χ1) is 17.7. The minimum atomic E-state index is -4.74. The number of ether oxygens (including phenoxy) is 1. The van der Waals surface area contributed by atoms with Gasteiger partial charge < -0.3 is 15.2 Å². The molecule has 0 spiro atoms. The van der Waals surface area contributed by atoms with Crippen molar-refractivity contribution in [3.63, 3.8) is 0 Å². The molecule has 0 heterocycles. The topological polar surface area (TPSA) is 122 Å². The van der Waals surface area contributed by atoms with Gasteiger partial charge in [-0.3, -0.25) is 14.3 Å². The Morgan fingerprint density at radius 1 is 1.03 bits per heavy atom. The average Bonchev–Trinajstić information content (AvgIpc) is 2.78. The summed E-state index contributed by atoms with van der Waals surface area (Å²) in [6.07, 6.45) is -5.10. The SMILES string of the molecule is CCNC(=O)c1ccc(Oc2cc(Cl)cc(CC(=O)O)c2)c(NS(=O)(=O)c2ccc(C(F)(F)F)cc2Cl)c1. The van der Waals surface area contributed by atoms with Crippen LogP contribution in [0.1, 0.15) is 28.4 Å². The third kappa shape index (κ3) is 7.30. The number of carboxylic acids is 1. The number of rotatable bonds is 9. The highest BCUT2D eigenvalue weighted by molar-refractivity contribution is 7.92. The van der Waals surface area contributed by atoms with E-state index in [0.29, 0.717) is 23.8 Å². The maximum atomic E-state index is 13.1. The van der Waals surface area contributed by atoms with Crippen LogP contribution in [-0.2, 0) is 27.4 Å². The van der Waals surface area contributed by atoms with Gasteiger partial charge in [0.2, 0.25) is 0 Å². The third-order valence-electron chi connectivity index (χ3n) is 4.89. The van der Waals surface area contributed by atoms with Crippen molar-refractivity contribution in [2.45, 2.75) is 24.4 Å². The van der Waals surface area contributed by atoms with Gasteiger partial charge in [0.15, 0.2) is 5.75 Å². The van der Waals surface area contributed by atoms with Crippen LogP contribution < -0.4 is 14.8 Å². The van der Waals surface area contributed by atoms with Crippen LogP contribution in [0.25, 0.3) is 0 Å². The second-order valence-corrected chi connectivity index (χ2v) is 10.3. The van der Waals surface area contributed by atoms with E-state index in [0.717, 1.165) is 0 Å². The summed E-state index contributed by atoms with van der Waals surface area (Å²) in [6, 6.07) is 9.71. The molecular weight excluding hydrogens is 572 g/mol. The van der Waals surface area contributed by atoms with E-state index >= 15 is 0 Å². The van der Waals surface area contributed by atoms with Gasteiger partial charge in [0, 0.05) is 17.1 Å². The Kier molecular flexibility index (Phi) is 8.80. The summed E-state index contributed by atoms with van der Waals surface area (Å²) in [4.78, 5) is 22.8. The third-order valence-corrected chi connectivity index (χ3v) is 6.95. The molecule has 0 aromatic heterocycles. The van der Waals surface area contributed by atoms with Crippen molar-refractivity contribution in [1.29, 1.82) is 0 Å². The molecule has 0 fully saturated rings. The van der Waals surface area contributed by atoms with Gasteiger partial charge in [-0.1, -0.05) is 23.2 Å². The standard InChI is InChI=1S/C24H19Cl2F3N2O6S/c1-2-30-23(34)14-3-5-20(37-17-8-13(9-22(32)33)7-16(25)12-17)19(10-14)31-38(35,36)21-6-4-15(11-18(21)26)24(27,28)29/h3-8,10-12,31H,2,9H2,1H3,(H,30,34)(H,32,33). The van der Waals surface area contributed by atoms with E-state index < -0.39 is 43.6 Å². The second kappa shape index (κ2) is 11.5. The molecule has 0 bridgehead atoms. The van der Waals surface area contributed by atoms with E-state index in [-0.39, 0.29) is 40.7 Å². The van der Waals surface area contributed by atoms with Gasteiger partial charge in [0.25, 0.3) is 15.9 Å². The molecule has 0 radical (unpaired) electrons. The van der Waals surface area contributed by atoms with E-state index in [1.54, 1.807) is 6.92 Å². The van der Waals surface area contributed by atoms with Gasteiger partial charge in [-0.2, -0.15) is 13.2 Å². The molecule has 3 N–H and O–H groups in total. The number of aliphatic carboxylic acids is 1. The number of carbonyl (C=O) groups is 2. The van der Waals surface area contributed by atoms with E-state index in [9.17, 15) is 31.2 Å². The lowest BCUT2D eigenvalue weighted by Crippen LogP contribution is -2.23. The minimum absolute atomic E-state index is 0.0491. The molecule has 0 saturated heterocycles. The van der Waals surface area contributed by atoms with Crippen molar-refractivity contribution in [1.82, 2.24) is 5.32 Å². The first kappa shape index (κ1) is 29.1. The first-order valence-electron chi connectivity index (χ1n) is 10.7. The fourth-order valence-electron chi connectivity index (χ4n) is 3.28. The Morgan fingerprint density at radius 3 is 2.34 bits per heavy atom. The first-order valence-corrected chi connectivity index (χ1v) is 12.9. The zero-order valence-electron chi connectivity index (χ0n) is 19.4. The number of sulfonamides is 1. The van der Waals surface area contributed by atoms with E-state index in [2.05, 4.69) is 10.0 Å². The number of halogens is 5. The summed E-state index contributed by atoms with van der Waals surface area (Å²) in [5.41, 5.74) is -1.03. The quantitative estimate of drug-likeness (QED) is 0.282. The number of hydrogen-bond donors (Lipinski definition) is 3.